The Kier molecular flexibility index (Phi) is 2.61. The van der Waals surface area contributed by atoms with Crippen LogP contribution in [0.5, 0.6) is 0 Å². The van der Waals surface area contributed by atoms with Gasteiger partial charge in [0.05, 0.1) is 10.7 Å². The summed E-state index contributed by atoms with van der Waals surface area (Å²) in [7, 11) is 0. The van der Waals surface area contributed by atoms with Gasteiger partial charge >= 0.3 is 0 Å². The molecule has 1 aromatic heterocycles. The number of hydrogen-bond donors (Lipinski definition) is 0. The Morgan fingerprint density at radius 3 is 2.40 bits per heavy atom. The van der Waals surface area contributed by atoms with Crippen LogP contribution < -0.4 is 0 Å². The maximum Gasteiger partial charge on any atom is 0.0986 e. The molecule has 0 saturated carbocycles. The number of hydrogen-bond acceptors (Lipinski definition) is 2. The molecule has 2 heteroatoms. The molecule has 0 atom stereocenters. The molecule has 1 radical (unpaired) electrons. The topological polar surface area (TPSA) is 12.9 Å². The molecule has 15 heavy (non-hydrogen) atoms. The second kappa shape index (κ2) is 3.78. The third kappa shape index (κ3) is 2.26. The van der Waals surface area contributed by atoms with Crippen LogP contribution in [0.2, 0.25) is 0 Å². The fourth-order valence-corrected chi connectivity index (χ4v) is 2.23. The quantitative estimate of drug-likeness (QED) is 0.704. The molecule has 0 bridgehead atoms. The summed E-state index contributed by atoms with van der Waals surface area (Å²) < 4.78 is 0. The van der Waals surface area contributed by atoms with Gasteiger partial charge in [-0.2, -0.15) is 0 Å². The summed E-state index contributed by atoms with van der Waals surface area (Å²) in [4.78, 5) is 4.66. The molecule has 0 aliphatic rings. The lowest BCUT2D eigenvalue weighted by Gasteiger charge is -2.13. The summed E-state index contributed by atoms with van der Waals surface area (Å²) in [6.45, 7) is 6.57. The van der Waals surface area contributed by atoms with Crippen molar-refractivity contribution in [2.75, 3.05) is 0 Å². The number of aromatic nitrogens is 1. The predicted molar refractivity (Wildman–Crippen MR) is 65.1 cm³/mol. The van der Waals surface area contributed by atoms with Crippen LogP contribution >= 0.6 is 11.3 Å². The maximum atomic E-state index is 4.66. The first-order chi connectivity index (χ1) is 7.07. The van der Waals surface area contributed by atoms with Gasteiger partial charge in [-0.05, 0) is 6.07 Å². The Balaban J connectivity index is 2.37. The molecule has 0 spiro atoms. The molecule has 0 fully saturated rings. The van der Waals surface area contributed by atoms with Crippen molar-refractivity contribution in [2.45, 2.75) is 26.2 Å². The highest BCUT2D eigenvalue weighted by Gasteiger charge is 2.18. The van der Waals surface area contributed by atoms with E-state index in [1.165, 1.54) is 10.6 Å². The van der Waals surface area contributed by atoms with Gasteiger partial charge in [0.25, 0.3) is 0 Å². The first-order valence-electron chi connectivity index (χ1n) is 5.00. The molecule has 0 amide bonds. The van der Waals surface area contributed by atoms with E-state index in [2.05, 4.69) is 37.2 Å². The fourth-order valence-electron chi connectivity index (χ4n) is 1.31. The van der Waals surface area contributed by atoms with Crippen LogP contribution in [-0.4, -0.2) is 4.98 Å². The van der Waals surface area contributed by atoms with Crippen LogP contribution in [0.15, 0.2) is 29.6 Å². The van der Waals surface area contributed by atoms with Crippen LogP contribution in [0.3, 0.4) is 0 Å². The Hall–Kier alpha value is -1.15. The van der Waals surface area contributed by atoms with Crippen LogP contribution in [0, 0.1) is 6.07 Å². The molecule has 1 heterocycles. The van der Waals surface area contributed by atoms with Crippen molar-refractivity contribution in [3.63, 3.8) is 0 Å². The zero-order valence-electron chi connectivity index (χ0n) is 9.24. The zero-order valence-corrected chi connectivity index (χ0v) is 10.1. The molecule has 0 unspecified atom stereocenters. The average Bonchev–Trinajstić information content (AvgIpc) is 2.67. The summed E-state index contributed by atoms with van der Waals surface area (Å²) in [6.07, 6.45) is 0. The monoisotopic (exact) mass is 216 g/mol. The van der Waals surface area contributed by atoms with Gasteiger partial charge in [0, 0.05) is 16.4 Å². The minimum atomic E-state index is 0.143. The molecule has 77 valence electrons. The first-order valence-corrected chi connectivity index (χ1v) is 5.88. The standard InChI is InChI=1S/C13H14NS/c1-13(2,3)12-14-11(9-15-12)10-7-5-4-6-8-10/h5-9H,1-3H3. The summed E-state index contributed by atoms with van der Waals surface area (Å²) in [6, 6.07) is 10.9. The molecule has 0 N–H and O–H groups in total. The van der Waals surface area contributed by atoms with Crippen molar-refractivity contribution in [3.05, 3.63) is 40.7 Å². The number of nitrogens with zero attached hydrogens (tertiary/aromatic N) is 1. The highest BCUT2D eigenvalue weighted by molar-refractivity contribution is 7.10. The van der Waals surface area contributed by atoms with Crippen LogP contribution in [0.1, 0.15) is 25.8 Å². The molecule has 2 aromatic rings. The van der Waals surface area contributed by atoms with E-state index in [0.717, 1.165) is 5.69 Å². The Bertz CT molecular complexity index is 437. The largest absolute Gasteiger partial charge is 0.241 e. The second-order valence-electron chi connectivity index (χ2n) is 4.58. The van der Waals surface area contributed by atoms with E-state index in [4.69, 9.17) is 0 Å². The van der Waals surface area contributed by atoms with Gasteiger partial charge in [0.2, 0.25) is 0 Å². The molecule has 0 aliphatic heterocycles. The lowest BCUT2D eigenvalue weighted by molar-refractivity contribution is 0.586. The van der Waals surface area contributed by atoms with Crippen molar-refractivity contribution in [1.29, 1.82) is 0 Å². The smallest absolute Gasteiger partial charge is 0.0986 e. The number of thiazole rings is 1. The van der Waals surface area contributed by atoms with E-state index < -0.39 is 0 Å². The molecule has 1 aromatic carbocycles. The summed E-state index contributed by atoms with van der Waals surface area (Å²) in [5.74, 6) is 0. The van der Waals surface area contributed by atoms with Crippen molar-refractivity contribution in [3.8, 4) is 11.3 Å². The van der Waals surface area contributed by atoms with Gasteiger partial charge in [-0.25, -0.2) is 4.98 Å². The van der Waals surface area contributed by atoms with Crippen molar-refractivity contribution in [2.24, 2.45) is 0 Å². The van der Waals surface area contributed by atoms with Crippen LogP contribution in [0.4, 0.5) is 0 Å². The van der Waals surface area contributed by atoms with Gasteiger partial charge in [-0.15, -0.1) is 11.3 Å². The molecular weight excluding hydrogens is 202 g/mol. The maximum absolute atomic E-state index is 4.66. The zero-order chi connectivity index (χ0) is 10.9. The lowest BCUT2D eigenvalue weighted by Crippen LogP contribution is -2.10. The van der Waals surface area contributed by atoms with Crippen molar-refractivity contribution >= 4 is 11.3 Å². The minimum Gasteiger partial charge on any atom is -0.241 e. The van der Waals surface area contributed by atoms with Gasteiger partial charge in [0.1, 0.15) is 0 Å². The van der Waals surface area contributed by atoms with E-state index >= 15 is 0 Å². The fraction of sp³-hybridized carbons (Fsp3) is 0.308. The SMILES string of the molecule is CC(C)(C)c1nc(-c2cc[c]cc2)cs1. The molecule has 2 rings (SSSR count). The highest BCUT2D eigenvalue weighted by atomic mass is 32.1. The van der Waals surface area contributed by atoms with E-state index in [-0.39, 0.29) is 5.41 Å². The van der Waals surface area contributed by atoms with Gasteiger partial charge in [-0.1, -0.05) is 45.0 Å². The second-order valence-corrected chi connectivity index (χ2v) is 5.43. The Morgan fingerprint density at radius 2 is 1.87 bits per heavy atom. The first kappa shape index (κ1) is 10.4. The lowest BCUT2D eigenvalue weighted by atomic mass is 9.98. The predicted octanol–water partition coefficient (Wildman–Crippen LogP) is 3.91. The van der Waals surface area contributed by atoms with E-state index in [9.17, 15) is 0 Å². The van der Waals surface area contributed by atoms with Crippen LogP contribution in [-0.2, 0) is 5.41 Å². The normalized spacial score (nSPS) is 11.7. The highest BCUT2D eigenvalue weighted by Crippen LogP contribution is 2.29. The number of benzene rings is 1. The van der Waals surface area contributed by atoms with E-state index in [1.807, 2.05) is 24.3 Å². The van der Waals surface area contributed by atoms with Gasteiger partial charge < -0.3 is 0 Å². The average molecular weight is 216 g/mol. The van der Waals surface area contributed by atoms with Gasteiger partial charge in [0.15, 0.2) is 0 Å². The third-order valence-corrected chi connectivity index (χ3v) is 3.43. The number of rotatable bonds is 1. The third-order valence-electron chi connectivity index (χ3n) is 2.16. The summed E-state index contributed by atoms with van der Waals surface area (Å²) in [5.41, 5.74) is 2.38. The summed E-state index contributed by atoms with van der Waals surface area (Å²) >= 11 is 1.73. The van der Waals surface area contributed by atoms with Crippen LogP contribution in [0.25, 0.3) is 11.3 Å². The Morgan fingerprint density at radius 1 is 1.20 bits per heavy atom. The minimum absolute atomic E-state index is 0.143. The van der Waals surface area contributed by atoms with Gasteiger partial charge in [-0.3, -0.25) is 0 Å². The van der Waals surface area contributed by atoms with Crippen molar-refractivity contribution < 1.29 is 0 Å². The Labute approximate surface area is 94.8 Å². The van der Waals surface area contributed by atoms with E-state index in [1.54, 1.807) is 11.3 Å². The summed E-state index contributed by atoms with van der Waals surface area (Å²) in [5, 5.41) is 3.31. The van der Waals surface area contributed by atoms with E-state index in [0.29, 0.717) is 0 Å². The molecule has 0 aliphatic carbocycles. The molecule has 0 saturated heterocycles. The molecule has 1 nitrogen and oxygen atoms in total. The van der Waals surface area contributed by atoms with Crippen molar-refractivity contribution in [1.82, 2.24) is 4.98 Å². The molecular formula is C13H14NS.